The zero-order chi connectivity index (χ0) is 25.3. The summed E-state index contributed by atoms with van der Waals surface area (Å²) in [5.41, 5.74) is 18.9. The van der Waals surface area contributed by atoms with E-state index < -0.39 is 11.8 Å². The number of carbonyl (C=O) groups is 2. The van der Waals surface area contributed by atoms with Gasteiger partial charge in [-0.25, -0.2) is 9.97 Å². The quantitative estimate of drug-likeness (QED) is 0.229. The van der Waals surface area contributed by atoms with Gasteiger partial charge in [-0.2, -0.15) is 0 Å². The smallest absolute Gasteiger partial charge is 0.273 e. The lowest BCUT2D eigenvalue weighted by molar-refractivity contribution is -0.121. The third kappa shape index (κ3) is 5.50. The minimum atomic E-state index is -0.555. The second-order valence-corrected chi connectivity index (χ2v) is 7.63. The Bertz CT molecular complexity index is 1290. The molecule has 0 saturated heterocycles. The fourth-order valence-corrected chi connectivity index (χ4v) is 3.59. The Labute approximate surface area is 207 Å². The number of hydrogen-bond donors (Lipinski definition) is 5. The van der Waals surface area contributed by atoms with Crippen molar-refractivity contribution in [1.82, 2.24) is 20.8 Å². The number of carbonyl (C=O) groups excluding carboxylic acids is 2. The van der Waals surface area contributed by atoms with Gasteiger partial charge in [0.2, 0.25) is 5.91 Å². The van der Waals surface area contributed by atoms with Crippen molar-refractivity contribution < 1.29 is 14.3 Å². The van der Waals surface area contributed by atoms with Crippen LogP contribution >= 0.6 is 0 Å². The summed E-state index contributed by atoms with van der Waals surface area (Å²) in [6.07, 6.45) is 1.24. The Balaban J connectivity index is 1.45. The molecule has 182 valence electrons. The molecule has 0 unspecified atom stereocenters. The lowest BCUT2D eigenvalue weighted by Crippen LogP contribution is -2.35. The number of aromatic nitrogens is 2. The Morgan fingerprint density at radius 2 is 1.31 bits per heavy atom. The third-order valence-electron chi connectivity index (χ3n) is 5.36. The second kappa shape index (κ2) is 11.3. The molecule has 3 aromatic carbocycles. The lowest BCUT2D eigenvalue weighted by atomic mass is 9.91. The number of benzene rings is 3. The molecule has 10 nitrogen and oxygen atoms in total. The van der Waals surface area contributed by atoms with Gasteiger partial charge in [-0.05, 0) is 23.3 Å². The Morgan fingerprint density at radius 1 is 0.778 bits per heavy atom. The normalized spacial score (nSPS) is 10.4. The molecule has 0 atom stereocenters. The van der Waals surface area contributed by atoms with Gasteiger partial charge in [0.15, 0.2) is 11.6 Å². The first-order chi connectivity index (χ1) is 17.6. The van der Waals surface area contributed by atoms with Crippen LogP contribution in [0, 0.1) is 0 Å². The average Bonchev–Trinajstić information content (AvgIpc) is 2.93. The van der Waals surface area contributed by atoms with Crippen LogP contribution in [0.25, 0.3) is 0 Å². The summed E-state index contributed by atoms with van der Waals surface area (Å²) in [4.78, 5) is 33.9. The summed E-state index contributed by atoms with van der Waals surface area (Å²) in [6, 6.07) is 25.7. The standard InChI is InChI=1S/C26H25N7O3/c1-36-20-15-9-8-14-19(20)25(34)32-30-23-22(27)24(29-16-28-23)31-33-26(35)21(17-10-4-2-5-11-17)18-12-6-3-7-13-18/h2-16,21H,27H2,1H3,(H,32,34)(H,33,35)(H2,28,29,30,31). The van der Waals surface area contributed by atoms with Crippen molar-refractivity contribution in [3.05, 3.63) is 108 Å². The van der Waals surface area contributed by atoms with Crippen LogP contribution in [0.2, 0.25) is 0 Å². The molecule has 10 heteroatoms. The van der Waals surface area contributed by atoms with Gasteiger partial charge in [-0.1, -0.05) is 72.8 Å². The molecule has 4 rings (SSSR count). The first-order valence-electron chi connectivity index (χ1n) is 11.0. The second-order valence-electron chi connectivity index (χ2n) is 7.63. The summed E-state index contributed by atoms with van der Waals surface area (Å²) in [5, 5.41) is 0. The van der Waals surface area contributed by atoms with Crippen molar-refractivity contribution in [3.8, 4) is 5.75 Å². The number of methoxy groups -OCH3 is 1. The van der Waals surface area contributed by atoms with Gasteiger partial charge in [-0.15, -0.1) is 0 Å². The number of hydrogen-bond acceptors (Lipinski definition) is 8. The molecule has 0 bridgehead atoms. The molecule has 4 aromatic rings. The van der Waals surface area contributed by atoms with Crippen LogP contribution < -0.4 is 32.2 Å². The molecular weight excluding hydrogens is 458 g/mol. The summed E-state index contributed by atoms with van der Waals surface area (Å²) in [6.45, 7) is 0. The zero-order valence-electron chi connectivity index (χ0n) is 19.4. The number of nitrogens with one attached hydrogen (secondary N) is 4. The van der Waals surface area contributed by atoms with E-state index in [-0.39, 0.29) is 23.2 Å². The van der Waals surface area contributed by atoms with Crippen LogP contribution in [0.3, 0.4) is 0 Å². The summed E-state index contributed by atoms with van der Waals surface area (Å²) in [5.74, 6) is -0.573. The van der Waals surface area contributed by atoms with Crippen molar-refractivity contribution in [2.45, 2.75) is 5.92 Å². The molecule has 36 heavy (non-hydrogen) atoms. The molecule has 0 fully saturated rings. The number of hydrazine groups is 2. The number of nitrogen functional groups attached to an aromatic ring is 1. The third-order valence-corrected chi connectivity index (χ3v) is 5.36. The topological polar surface area (TPSA) is 143 Å². The number of nitrogens with zero attached hydrogens (tertiary/aromatic N) is 2. The van der Waals surface area contributed by atoms with Gasteiger partial charge < -0.3 is 10.5 Å². The Morgan fingerprint density at radius 3 is 1.89 bits per heavy atom. The highest BCUT2D eigenvalue weighted by atomic mass is 16.5. The van der Waals surface area contributed by atoms with E-state index in [4.69, 9.17) is 10.5 Å². The van der Waals surface area contributed by atoms with E-state index in [9.17, 15) is 9.59 Å². The fourth-order valence-electron chi connectivity index (χ4n) is 3.59. The van der Waals surface area contributed by atoms with Crippen molar-refractivity contribution in [2.24, 2.45) is 0 Å². The molecule has 0 saturated carbocycles. The predicted octanol–water partition coefficient (Wildman–Crippen LogP) is 3.10. The molecule has 1 aromatic heterocycles. The summed E-state index contributed by atoms with van der Waals surface area (Å²) >= 11 is 0. The first kappa shape index (κ1) is 24.0. The van der Waals surface area contributed by atoms with Crippen molar-refractivity contribution in [3.63, 3.8) is 0 Å². The van der Waals surface area contributed by atoms with Crippen LogP contribution in [-0.2, 0) is 4.79 Å². The predicted molar refractivity (Wildman–Crippen MR) is 137 cm³/mol. The molecule has 6 N–H and O–H groups in total. The highest BCUT2D eigenvalue weighted by molar-refractivity contribution is 5.97. The Hall–Kier alpha value is -5.12. The van der Waals surface area contributed by atoms with E-state index in [1.54, 1.807) is 24.3 Å². The van der Waals surface area contributed by atoms with E-state index >= 15 is 0 Å². The molecule has 0 aliphatic rings. The number of anilines is 3. The minimum absolute atomic E-state index is 0.0918. The van der Waals surface area contributed by atoms with Crippen LogP contribution in [0.5, 0.6) is 5.75 Å². The molecule has 1 heterocycles. The number of rotatable bonds is 9. The first-order valence-corrected chi connectivity index (χ1v) is 11.0. The van der Waals surface area contributed by atoms with E-state index in [2.05, 4.69) is 31.7 Å². The maximum Gasteiger partial charge on any atom is 0.273 e. The van der Waals surface area contributed by atoms with Gasteiger partial charge >= 0.3 is 0 Å². The number of amides is 2. The van der Waals surface area contributed by atoms with Crippen LogP contribution in [0.15, 0.2) is 91.3 Å². The summed E-state index contributed by atoms with van der Waals surface area (Å²) in [7, 11) is 1.48. The maximum atomic E-state index is 13.2. The maximum absolute atomic E-state index is 13.2. The fraction of sp³-hybridized carbons (Fsp3) is 0.0769. The Kier molecular flexibility index (Phi) is 7.57. The van der Waals surface area contributed by atoms with Gasteiger partial charge in [0.1, 0.15) is 17.8 Å². The summed E-state index contributed by atoms with van der Waals surface area (Å²) < 4.78 is 5.21. The van der Waals surface area contributed by atoms with Crippen LogP contribution in [-0.4, -0.2) is 28.9 Å². The van der Waals surface area contributed by atoms with E-state index in [0.717, 1.165) is 11.1 Å². The number of para-hydroxylation sites is 1. The monoisotopic (exact) mass is 483 g/mol. The highest BCUT2D eigenvalue weighted by Gasteiger charge is 2.23. The lowest BCUT2D eigenvalue weighted by Gasteiger charge is -2.19. The van der Waals surface area contributed by atoms with Crippen LogP contribution in [0.4, 0.5) is 17.3 Å². The average molecular weight is 484 g/mol. The van der Waals surface area contributed by atoms with E-state index in [1.165, 1.54) is 13.4 Å². The largest absolute Gasteiger partial charge is 0.496 e. The van der Waals surface area contributed by atoms with Crippen molar-refractivity contribution in [1.29, 1.82) is 0 Å². The van der Waals surface area contributed by atoms with Gasteiger partial charge in [-0.3, -0.25) is 31.3 Å². The molecule has 2 amide bonds. The molecule has 0 aliphatic heterocycles. The van der Waals surface area contributed by atoms with Gasteiger partial charge in [0, 0.05) is 0 Å². The van der Waals surface area contributed by atoms with Crippen molar-refractivity contribution in [2.75, 3.05) is 23.7 Å². The zero-order valence-corrected chi connectivity index (χ0v) is 19.4. The molecular formula is C26H25N7O3. The van der Waals surface area contributed by atoms with Crippen LogP contribution in [0.1, 0.15) is 27.4 Å². The van der Waals surface area contributed by atoms with Crippen molar-refractivity contribution >= 4 is 29.1 Å². The molecule has 0 radical (unpaired) electrons. The molecule has 0 aliphatic carbocycles. The number of ether oxygens (including phenoxy) is 1. The SMILES string of the molecule is COc1ccccc1C(=O)NNc1ncnc(NNC(=O)C(c2ccccc2)c2ccccc2)c1N. The van der Waals surface area contributed by atoms with Gasteiger partial charge in [0.05, 0.1) is 18.6 Å². The van der Waals surface area contributed by atoms with E-state index in [1.807, 2.05) is 60.7 Å². The minimum Gasteiger partial charge on any atom is -0.496 e. The highest BCUT2D eigenvalue weighted by Crippen LogP contribution is 2.26. The van der Waals surface area contributed by atoms with Gasteiger partial charge in [0.25, 0.3) is 5.91 Å². The van der Waals surface area contributed by atoms with E-state index in [0.29, 0.717) is 11.3 Å². The number of nitrogens with two attached hydrogens (primary N) is 1. The molecule has 0 spiro atoms.